The van der Waals surface area contributed by atoms with Gasteiger partial charge >= 0.3 is 0 Å². The second kappa shape index (κ2) is 11.4. The van der Waals surface area contributed by atoms with Crippen LogP contribution >= 0.6 is 11.8 Å². The highest BCUT2D eigenvalue weighted by atomic mass is 32.2. The van der Waals surface area contributed by atoms with Crippen LogP contribution in [0.2, 0.25) is 0 Å². The molecule has 3 aromatic rings. The van der Waals surface area contributed by atoms with Crippen LogP contribution in [0, 0.1) is 5.92 Å². The van der Waals surface area contributed by atoms with E-state index >= 15 is 0 Å². The van der Waals surface area contributed by atoms with Gasteiger partial charge in [-0.15, -0.1) is 10.2 Å². The van der Waals surface area contributed by atoms with Gasteiger partial charge in [0.2, 0.25) is 5.91 Å². The number of carbonyl (C=O) groups excluding carboxylic acids is 1. The normalized spacial score (nSPS) is 22.5. The SMILES string of the molecule is CC(CCc1ccccc1)NC(=O)CSc1nnc(C2NNC3CCCCC32)n1-c1ccccc1. The molecule has 0 radical (unpaired) electrons. The van der Waals surface area contributed by atoms with Crippen molar-refractivity contribution in [3.63, 3.8) is 0 Å². The standard InChI is InChI=1S/C27H34N6OS/c1-19(16-17-20-10-4-2-5-11-20)28-24(34)18-35-27-32-31-26(33(27)21-12-6-3-7-13-21)25-22-14-8-9-15-23(22)29-30-25/h2-7,10-13,19,22-23,25,29-30H,8-9,14-18H2,1H3,(H,28,34). The summed E-state index contributed by atoms with van der Waals surface area (Å²) in [6, 6.07) is 21.3. The first kappa shape index (κ1) is 24.0. The van der Waals surface area contributed by atoms with Crippen molar-refractivity contribution in [3.8, 4) is 5.69 Å². The van der Waals surface area contributed by atoms with Crippen molar-refractivity contribution in [2.75, 3.05) is 5.75 Å². The number of fused-ring (bicyclic) bond motifs is 1. The van der Waals surface area contributed by atoms with Crippen molar-refractivity contribution in [3.05, 3.63) is 72.1 Å². The zero-order valence-electron chi connectivity index (χ0n) is 20.2. The van der Waals surface area contributed by atoms with E-state index in [1.807, 2.05) is 24.3 Å². The van der Waals surface area contributed by atoms with Gasteiger partial charge in [0.05, 0.1) is 11.8 Å². The first-order valence-corrected chi connectivity index (χ1v) is 13.7. The number of hydrogen-bond acceptors (Lipinski definition) is 6. The Morgan fingerprint density at radius 2 is 1.80 bits per heavy atom. The van der Waals surface area contributed by atoms with Crippen molar-refractivity contribution in [2.24, 2.45) is 5.92 Å². The molecule has 3 N–H and O–H groups in total. The number of aromatic nitrogens is 3. The Morgan fingerprint density at radius 3 is 2.60 bits per heavy atom. The maximum absolute atomic E-state index is 12.7. The smallest absolute Gasteiger partial charge is 0.230 e. The molecule has 8 heteroatoms. The molecule has 4 unspecified atom stereocenters. The Bertz CT molecular complexity index is 1110. The van der Waals surface area contributed by atoms with Gasteiger partial charge in [0, 0.05) is 17.8 Å². The van der Waals surface area contributed by atoms with Crippen LogP contribution in [0.25, 0.3) is 5.69 Å². The van der Waals surface area contributed by atoms with Gasteiger partial charge < -0.3 is 5.32 Å². The molecule has 2 heterocycles. The first-order valence-electron chi connectivity index (χ1n) is 12.7. The number of carbonyl (C=O) groups is 1. The number of hydrogen-bond donors (Lipinski definition) is 3. The van der Waals surface area contributed by atoms with Crippen LogP contribution in [0.15, 0.2) is 65.8 Å². The molecule has 1 aliphatic carbocycles. The lowest BCUT2D eigenvalue weighted by Gasteiger charge is -2.27. The Kier molecular flexibility index (Phi) is 7.81. The van der Waals surface area contributed by atoms with Gasteiger partial charge in [-0.2, -0.15) is 0 Å². The van der Waals surface area contributed by atoms with Crippen LogP contribution in [0.4, 0.5) is 0 Å². The summed E-state index contributed by atoms with van der Waals surface area (Å²) in [7, 11) is 0. The van der Waals surface area contributed by atoms with E-state index < -0.39 is 0 Å². The summed E-state index contributed by atoms with van der Waals surface area (Å²) < 4.78 is 2.12. The zero-order valence-corrected chi connectivity index (χ0v) is 21.0. The minimum Gasteiger partial charge on any atom is -0.353 e. The number of nitrogens with one attached hydrogen (secondary N) is 3. The molecule has 1 saturated carbocycles. The molecule has 4 atom stereocenters. The molecule has 2 aromatic carbocycles. The minimum atomic E-state index is 0.0210. The van der Waals surface area contributed by atoms with Crippen molar-refractivity contribution in [1.29, 1.82) is 0 Å². The summed E-state index contributed by atoms with van der Waals surface area (Å²) in [6.45, 7) is 2.06. The molecule has 2 aliphatic rings. The van der Waals surface area contributed by atoms with Crippen LogP contribution in [0.5, 0.6) is 0 Å². The number of thioether (sulfide) groups is 1. The van der Waals surface area contributed by atoms with E-state index in [9.17, 15) is 4.79 Å². The largest absolute Gasteiger partial charge is 0.353 e. The molecular formula is C27H34N6OS. The maximum Gasteiger partial charge on any atom is 0.230 e. The summed E-state index contributed by atoms with van der Waals surface area (Å²) >= 11 is 1.44. The molecule has 0 bridgehead atoms. The van der Waals surface area contributed by atoms with E-state index in [2.05, 4.69) is 74.3 Å². The Labute approximate surface area is 211 Å². The highest BCUT2D eigenvalue weighted by Crippen LogP contribution is 2.38. The highest BCUT2D eigenvalue weighted by Gasteiger charge is 2.41. The van der Waals surface area contributed by atoms with Gasteiger partial charge in [-0.3, -0.25) is 14.8 Å². The second-order valence-electron chi connectivity index (χ2n) is 9.61. The molecule has 1 saturated heterocycles. The number of para-hydroxylation sites is 1. The van der Waals surface area contributed by atoms with Crippen LogP contribution in [-0.4, -0.2) is 38.5 Å². The fraction of sp³-hybridized carbons (Fsp3) is 0.444. The van der Waals surface area contributed by atoms with Gasteiger partial charge in [0.15, 0.2) is 11.0 Å². The molecule has 1 amide bonds. The van der Waals surface area contributed by atoms with Crippen LogP contribution in [0.3, 0.4) is 0 Å². The fourth-order valence-electron chi connectivity index (χ4n) is 5.24. The van der Waals surface area contributed by atoms with Crippen molar-refractivity contribution >= 4 is 17.7 Å². The first-order chi connectivity index (χ1) is 17.2. The average Bonchev–Trinajstić information content (AvgIpc) is 3.51. The molecule has 5 rings (SSSR count). The van der Waals surface area contributed by atoms with E-state index in [4.69, 9.17) is 0 Å². The number of rotatable bonds is 9. The van der Waals surface area contributed by atoms with Gasteiger partial charge in [0.25, 0.3) is 0 Å². The fourth-order valence-corrected chi connectivity index (χ4v) is 6.01. The van der Waals surface area contributed by atoms with Crippen LogP contribution < -0.4 is 16.2 Å². The number of hydrazine groups is 1. The number of nitrogens with zero attached hydrogens (tertiary/aromatic N) is 3. The van der Waals surface area contributed by atoms with Gasteiger partial charge in [-0.05, 0) is 56.2 Å². The molecule has 35 heavy (non-hydrogen) atoms. The Balaban J connectivity index is 1.25. The lowest BCUT2D eigenvalue weighted by atomic mass is 9.81. The quantitative estimate of drug-likeness (QED) is 0.390. The second-order valence-corrected chi connectivity index (χ2v) is 10.6. The third-order valence-corrected chi connectivity index (χ3v) is 8.00. The van der Waals surface area contributed by atoms with E-state index in [0.717, 1.165) is 29.5 Å². The molecule has 1 aliphatic heterocycles. The lowest BCUT2D eigenvalue weighted by Crippen LogP contribution is -2.34. The van der Waals surface area contributed by atoms with Crippen LogP contribution in [-0.2, 0) is 11.2 Å². The molecule has 184 valence electrons. The molecule has 7 nitrogen and oxygen atoms in total. The zero-order chi connectivity index (χ0) is 24.0. The third-order valence-electron chi connectivity index (χ3n) is 7.07. The molecular weight excluding hydrogens is 456 g/mol. The summed E-state index contributed by atoms with van der Waals surface area (Å²) in [5, 5.41) is 13.0. The molecule has 1 aromatic heterocycles. The van der Waals surface area contributed by atoms with E-state index in [-0.39, 0.29) is 18.0 Å². The minimum absolute atomic E-state index is 0.0210. The molecule has 2 fully saturated rings. The van der Waals surface area contributed by atoms with Crippen LogP contribution in [0.1, 0.15) is 56.5 Å². The lowest BCUT2D eigenvalue weighted by molar-refractivity contribution is -0.119. The maximum atomic E-state index is 12.7. The van der Waals surface area contributed by atoms with Gasteiger partial charge in [0.1, 0.15) is 0 Å². The number of amides is 1. The topological polar surface area (TPSA) is 83.9 Å². The third kappa shape index (κ3) is 5.77. The van der Waals surface area contributed by atoms with Crippen molar-refractivity contribution in [2.45, 2.75) is 68.7 Å². The monoisotopic (exact) mass is 490 g/mol. The van der Waals surface area contributed by atoms with E-state index in [1.54, 1.807) is 0 Å². The van der Waals surface area contributed by atoms with E-state index in [0.29, 0.717) is 17.7 Å². The van der Waals surface area contributed by atoms with Gasteiger partial charge in [-0.1, -0.05) is 73.1 Å². The van der Waals surface area contributed by atoms with E-state index in [1.165, 1.54) is 43.0 Å². The number of benzene rings is 2. The Morgan fingerprint density at radius 1 is 1.06 bits per heavy atom. The predicted molar refractivity (Wildman–Crippen MR) is 139 cm³/mol. The Hall–Kier alpha value is -2.68. The summed E-state index contributed by atoms with van der Waals surface area (Å²) in [5.41, 5.74) is 9.30. The summed E-state index contributed by atoms with van der Waals surface area (Å²) in [5.74, 6) is 1.75. The summed E-state index contributed by atoms with van der Waals surface area (Å²) in [6.07, 6.45) is 6.76. The molecule has 0 spiro atoms. The summed E-state index contributed by atoms with van der Waals surface area (Å²) in [4.78, 5) is 12.7. The van der Waals surface area contributed by atoms with Gasteiger partial charge in [-0.25, -0.2) is 5.43 Å². The average molecular weight is 491 g/mol. The van der Waals surface area contributed by atoms with Crippen molar-refractivity contribution < 1.29 is 4.79 Å². The highest BCUT2D eigenvalue weighted by molar-refractivity contribution is 7.99. The predicted octanol–water partition coefficient (Wildman–Crippen LogP) is 4.20. The van der Waals surface area contributed by atoms with Crippen molar-refractivity contribution in [1.82, 2.24) is 30.9 Å². The number of aryl methyl sites for hydroxylation is 1.